The van der Waals surface area contributed by atoms with Crippen LogP contribution < -0.4 is 10.6 Å². The van der Waals surface area contributed by atoms with Gasteiger partial charge in [0.05, 0.1) is 5.92 Å². The lowest BCUT2D eigenvalue weighted by atomic mass is 10.1. The van der Waals surface area contributed by atoms with Crippen LogP contribution in [0.25, 0.3) is 0 Å². The number of anilines is 1. The molecule has 1 rings (SSSR count). The summed E-state index contributed by atoms with van der Waals surface area (Å²) in [5, 5.41) is 14.0. The van der Waals surface area contributed by atoms with Gasteiger partial charge in [-0.25, -0.2) is 4.79 Å². The van der Waals surface area contributed by atoms with Gasteiger partial charge in [-0.3, -0.25) is 4.79 Å². The predicted octanol–water partition coefficient (Wildman–Crippen LogP) is 2.23. The molecule has 1 atom stereocenters. The molecule has 0 aliphatic heterocycles. The number of urea groups is 1. The van der Waals surface area contributed by atoms with E-state index in [1.165, 1.54) is 0 Å². The van der Waals surface area contributed by atoms with E-state index in [1.807, 2.05) is 31.2 Å². The van der Waals surface area contributed by atoms with E-state index >= 15 is 0 Å². The van der Waals surface area contributed by atoms with E-state index < -0.39 is 11.9 Å². The monoisotopic (exact) mass is 250 g/mol. The summed E-state index contributed by atoms with van der Waals surface area (Å²) in [7, 11) is 0. The fourth-order valence-corrected chi connectivity index (χ4v) is 1.34. The number of hydrogen-bond donors (Lipinski definition) is 3. The number of benzene rings is 1. The van der Waals surface area contributed by atoms with Crippen molar-refractivity contribution in [1.29, 1.82) is 0 Å². The van der Waals surface area contributed by atoms with E-state index in [2.05, 4.69) is 10.6 Å². The maximum Gasteiger partial charge on any atom is 0.319 e. The van der Waals surface area contributed by atoms with Crippen LogP contribution in [0, 0.1) is 12.8 Å². The molecule has 0 aliphatic rings. The lowest BCUT2D eigenvalue weighted by Gasteiger charge is -2.09. The molecule has 18 heavy (non-hydrogen) atoms. The van der Waals surface area contributed by atoms with Gasteiger partial charge in [-0.2, -0.15) is 0 Å². The minimum atomic E-state index is -0.851. The second-order valence-electron chi connectivity index (χ2n) is 4.27. The first-order valence-corrected chi connectivity index (χ1v) is 5.83. The first-order valence-electron chi connectivity index (χ1n) is 5.83. The van der Waals surface area contributed by atoms with Crippen molar-refractivity contribution >= 4 is 17.7 Å². The largest absolute Gasteiger partial charge is 0.481 e. The lowest BCUT2D eigenvalue weighted by molar-refractivity contribution is -0.141. The van der Waals surface area contributed by atoms with Crippen LogP contribution in [0.15, 0.2) is 24.3 Å². The Balaban J connectivity index is 2.30. The molecular weight excluding hydrogens is 232 g/mol. The van der Waals surface area contributed by atoms with Crippen LogP contribution >= 0.6 is 0 Å². The van der Waals surface area contributed by atoms with Crippen molar-refractivity contribution in [2.75, 3.05) is 11.9 Å². The second-order valence-corrected chi connectivity index (χ2v) is 4.27. The van der Waals surface area contributed by atoms with Crippen molar-refractivity contribution in [1.82, 2.24) is 5.32 Å². The van der Waals surface area contributed by atoms with Gasteiger partial charge >= 0.3 is 12.0 Å². The smallest absolute Gasteiger partial charge is 0.319 e. The van der Waals surface area contributed by atoms with Crippen molar-refractivity contribution in [2.45, 2.75) is 20.3 Å². The van der Waals surface area contributed by atoms with Crippen molar-refractivity contribution < 1.29 is 14.7 Å². The van der Waals surface area contributed by atoms with E-state index in [-0.39, 0.29) is 6.03 Å². The second kappa shape index (κ2) is 6.64. The summed E-state index contributed by atoms with van der Waals surface area (Å²) in [5.74, 6) is -1.31. The zero-order valence-corrected chi connectivity index (χ0v) is 10.6. The number of amides is 2. The normalized spacial score (nSPS) is 11.7. The Morgan fingerprint density at radius 1 is 1.28 bits per heavy atom. The molecule has 0 spiro atoms. The van der Waals surface area contributed by atoms with Crippen LogP contribution in [0.5, 0.6) is 0 Å². The molecule has 2 amide bonds. The number of carbonyl (C=O) groups excluding carboxylic acids is 1. The summed E-state index contributed by atoms with van der Waals surface area (Å²) in [5.41, 5.74) is 1.83. The highest BCUT2D eigenvalue weighted by molar-refractivity contribution is 5.89. The summed E-state index contributed by atoms with van der Waals surface area (Å²) >= 11 is 0. The number of aryl methyl sites for hydroxylation is 1. The van der Waals surface area contributed by atoms with Crippen molar-refractivity contribution in [2.24, 2.45) is 5.92 Å². The Labute approximate surface area is 106 Å². The molecule has 5 nitrogen and oxygen atoms in total. The highest BCUT2D eigenvalue weighted by atomic mass is 16.4. The van der Waals surface area contributed by atoms with Crippen LogP contribution in [0.4, 0.5) is 10.5 Å². The van der Waals surface area contributed by atoms with Gasteiger partial charge in [0.25, 0.3) is 0 Å². The Kier molecular flexibility index (Phi) is 5.17. The van der Waals surface area contributed by atoms with Gasteiger partial charge in [0.1, 0.15) is 0 Å². The van der Waals surface area contributed by atoms with Gasteiger partial charge in [-0.05, 0) is 25.5 Å². The standard InChI is InChI=1S/C13H18N2O3/c1-9-3-5-11(6-4-9)15-13(18)14-8-7-10(2)12(16)17/h3-6,10H,7-8H2,1-2H3,(H,16,17)(H2,14,15,18). The van der Waals surface area contributed by atoms with Gasteiger partial charge < -0.3 is 15.7 Å². The van der Waals surface area contributed by atoms with Gasteiger partial charge in [-0.15, -0.1) is 0 Å². The van der Waals surface area contributed by atoms with Crippen molar-refractivity contribution in [3.63, 3.8) is 0 Å². The summed E-state index contributed by atoms with van der Waals surface area (Å²) in [6.45, 7) is 3.92. The number of carboxylic acids is 1. The third kappa shape index (κ3) is 4.86. The molecule has 0 saturated heterocycles. The molecule has 0 bridgehead atoms. The maximum absolute atomic E-state index is 11.5. The van der Waals surface area contributed by atoms with E-state index in [0.29, 0.717) is 18.7 Å². The molecule has 0 radical (unpaired) electrons. The zero-order valence-electron chi connectivity index (χ0n) is 10.6. The maximum atomic E-state index is 11.5. The first kappa shape index (κ1) is 14.0. The van der Waals surface area contributed by atoms with E-state index in [9.17, 15) is 9.59 Å². The zero-order chi connectivity index (χ0) is 13.5. The van der Waals surface area contributed by atoms with Crippen LogP contribution in [0.1, 0.15) is 18.9 Å². The van der Waals surface area contributed by atoms with Crippen LogP contribution in [-0.4, -0.2) is 23.7 Å². The number of carboxylic acid groups (broad SMARTS) is 1. The van der Waals surface area contributed by atoms with Gasteiger partial charge in [0, 0.05) is 12.2 Å². The molecule has 0 saturated carbocycles. The topological polar surface area (TPSA) is 78.4 Å². The van der Waals surface area contributed by atoms with Crippen molar-refractivity contribution in [3.8, 4) is 0 Å². The number of carbonyl (C=O) groups is 2. The summed E-state index contributed by atoms with van der Waals surface area (Å²) in [4.78, 5) is 22.0. The summed E-state index contributed by atoms with van der Waals surface area (Å²) < 4.78 is 0. The average Bonchev–Trinajstić information content (AvgIpc) is 2.32. The first-order chi connectivity index (χ1) is 8.49. The molecule has 0 aliphatic carbocycles. The molecule has 1 aromatic carbocycles. The van der Waals surface area contributed by atoms with Crippen LogP contribution in [-0.2, 0) is 4.79 Å². The minimum absolute atomic E-state index is 0.323. The minimum Gasteiger partial charge on any atom is -0.481 e. The Morgan fingerprint density at radius 2 is 1.89 bits per heavy atom. The number of hydrogen-bond acceptors (Lipinski definition) is 2. The van der Waals surface area contributed by atoms with E-state index in [0.717, 1.165) is 5.56 Å². The molecule has 0 heterocycles. The molecular formula is C13H18N2O3. The molecule has 98 valence electrons. The van der Waals surface area contributed by atoms with Gasteiger partial charge in [-0.1, -0.05) is 24.6 Å². The average molecular weight is 250 g/mol. The third-order valence-corrected chi connectivity index (χ3v) is 2.59. The van der Waals surface area contributed by atoms with Gasteiger partial charge in [0.15, 0.2) is 0 Å². The fraction of sp³-hybridized carbons (Fsp3) is 0.385. The van der Waals surface area contributed by atoms with Crippen LogP contribution in [0.3, 0.4) is 0 Å². The Hall–Kier alpha value is -2.04. The summed E-state index contributed by atoms with van der Waals surface area (Å²) in [6, 6.07) is 7.12. The lowest BCUT2D eigenvalue weighted by Crippen LogP contribution is -2.31. The fourth-order valence-electron chi connectivity index (χ4n) is 1.34. The molecule has 0 aromatic heterocycles. The third-order valence-electron chi connectivity index (χ3n) is 2.59. The quantitative estimate of drug-likeness (QED) is 0.749. The molecule has 5 heteroatoms. The highest BCUT2D eigenvalue weighted by Crippen LogP contribution is 2.08. The predicted molar refractivity (Wildman–Crippen MR) is 69.6 cm³/mol. The van der Waals surface area contributed by atoms with E-state index in [4.69, 9.17) is 5.11 Å². The van der Waals surface area contributed by atoms with Gasteiger partial charge in [0.2, 0.25) is 0 Å². The van der Waals surface area contributed by atoms with E-state index in [1.54, 1.807) is 6.92 Å². The molecule has 1 unspecified atom stereocenters. The summed E-state index contributed by atoms with van der Waals surface area (Å²) in [6.07, 6.45) is 0.413. The number of rotatable bonds is 5. The van der Waals surface area contributed by atoms with Crippen LogP contribution in [0.2, 0.25) is 0 Å². The Morgan fingerprint density at radius 3 is 2.44 bits per heavy atom. The number of aliphatic carboxylic acids is 1. The molecule has 1 aromatic rings. The van der Waals surface area contributed by atoms with Crippen molar-refractivity contribution in [3.05, 3.63) is 29.8 Å². The number of nitrogens with one attached hydrogen (secondary N) is 2. The SMILES string of the molecule is Cc1ccc(NC(=O)NCCC(C)C(=O)O)cc1. The molecule has 0 fully saturated rings. The molecule has 3 N–H and O–H groups in total. The Bertz CT molecular complexity index is 415. The highest BCUT2D eigenvalue weighted by Gasteiger charge is 2.10.